The largest absolute Gasteiger partial charge is 0.467 e. The van der Waals surface area contributed by atoms with Gasteiger partial charge >= 0.3 is 6.01 Å². The van der Waals surface area contributed by atoms with Crippen molar-refractivity contribution in [2.45, 2.75) is 33.2 Å². The molecule has 0 bridgehead atoms. The third kappa shape index (κ3) is 3.94. The number of hydrogen-bond acceptors (Lipinski definition) is 7. The molecule has 20 heavy (non-hydrogen) atoms. The Bertz CT molecular complexity index is 465. The number of ether oxygens (including phenoxy) is 1. The quantitative estimate of drug-likeness (QED) is 0.765. The van der Waals surface area contributed by atoms with E-state index in [0.29, 0.717) is 11.9 Å². The second-order valence-corrected chi connectivity index (χ2v) is 4.61. The number of carbonyl (C=O) groups excluding carboxylic acids is 1. The Morgan fingerprint density at radius 1 is 1.30 bits per heavy atom. The molecule has 112 valence electrons. The minimum absolute atomic E-state index is 0.0426. The molecule has 0 aliphatic rings. The molecule has 0 radical (unpaired) electrons. The molecule has 0 spiro atoms. The molecule has 1 aromatic heterocycles. The Kier molecular flexibility index (Phi) is 5.48. The highest BCUT2D eigenvalue weighted by atomic mass is 16.5. The van der Waals surface area contributed by atoms with Gasteiger partial charge in [0.05, 0.1) is 13.2 Å². The minimum Gasteiger partial charge on any atom is -0.467 e. The van der Waals surface area contributed by atoms with E-state index in [1.807, 2.05) is 27.9 Å². The van der Waals surface area contributed by atoms with E-state index in [4.69, 9.17) is 4.74 Å². The summed E-state index contributed by atoms with van der Waals surface area (Å²) in [5, 5.41) is 1.62. The number of rotatable bonds is 6. The van der Waals surface area contributed by atoms with E-state index in [1.165, 1.54) is 14.0 Å². The van der Waals surface area contributed by atoms with E-state index in [9.17, 15) is 4.79 Å². The normalized spacial score (nSPS) is 11.7. The molecule has 8 heteroatoms. The predicted molar refractivity (Wildman–Crippen MR) is 76.8 cm³/mol. The van der Waals surface area contributed by atoms with Crippen LogP contribution >= 0.6 is 0 Å². The lowest BCUT2D eigenvalue weighted by Crippen LogP contribution is -2.47. The zero-order valence-corrected chi connectivity index (χ0v) is 12.8. The summed E-state index contributed by atoms with van der Waals surface area (Å²) in [6, 6.07) is 0.248. The van der Waals surface area contributed by atoms with Gasteiger partial charge in [0.15, 0.2) is 0 Å². The molecular formula is C12H22N6O2. The summed E-state index contributed by atoms with van der Waals surface area (Å²) in [6.45, 7) is 5.44. The molecule has 0 saturated carbocycles. The van der Waals surface area contributed by atoms with Crippen LogP contribution in [0.4, 0.5) is 11.9 Å². The molecular weight excluding hydrogens is 260 g/mol. The second kappa shape index (κ2) is 6.88. The number of nitrogens with zero attached hydrogens (tertiary/aromatic N) is 5. The molecule has 0 saturated heterocycles. The zero-order chi connectivity index (χ0) is 15.3. The van der Waals surface area contributed by atoms with Crippen molar-refractivity contribution in [1.29, 1.82) is 0 Å². The lowest BCUT2D eigenvalue weighted by Gasteiger charge is -2.28. The van der Waals surface area contributed by atoms with Crippen molar-refractivity contribution in [1.82, 2.24) is 20.4 Å². The Hall–Kier alpha value is -2.12. The van der Waals surface area contributed by atoms with Crippen molar-refractivity contribution in [2.75, 3.05) is 31.1 Å². The van der Waals surface area contributed by atoms with Gasteiger partial charge in [-0.05, 0) is 13.3 Å². The first-order valence-corrected chi connectivity index (χ1v) is 6.42. The fourth-order valence-corrected chi connectivity index (χ4v) is 1.44. The second-order valence-electron chi connectivity index (χ2n) is 4.61. The van der Waals surface area contributed by atoms with E-state index in [-0.39, 0.29) is 18.0 Å². The van der Waals surface area contributed by atoms with E-state index in [2.05, 4.69) is 20.4 Å². The van der Waals surface area contributed by atoms with Crippen molar-refractivity contribution >= 4 is 17.8 Å². The van der Waals surface area contributed by atoms with Gasteiger partial charge in [-0.1, -0.05) is 6.92 Å². The fourth-order valence-electron chi connectivity index (χ4n) is 1.44. The van der Waals surface area contributed by atoms with Gasteiger partial charge in [0, 0.05) is 21.0 Å². The first kappa shape index (κ1) is 15.9. The number of hydrogen-bond donors (Lipinski definition) is 1. The molecule has 0 aliphatic heterocycles. The lowest BCUT2D eigenvalue weighted by molar-refractivity contribution is -0.119. The molecule has 1 atom stereocenters. The van der Waals surface area contributed by atoms with Crippen LogP contribution < -0.4 is 20.1 Å². The van der Waals surface area contributed by atoms with Crippen LogP contribution in [0.1, 0.15) is 27.2 Å². The van der Waals surface area contributed by atoms with Gasteiger partial charge in [-0.2, -0.15) is 15.0 Å². The monoisotopic (exact) mass is 282 g/mol. The van der Waals surface area contributed by atoms with Crippen molar-refractivity contribution in [3.63, 3.8) is 0 Å². The van der Waals surface area contributed by atoms with E-state index < -0.39 is 0 Å². The Morgan fingerprint density at radius 2 is 1.90 bits per heavy atom. The minimum atomic E-state index is -0.184. The molecule has 0 unspecified atom stereocenters. The van der Waals surface area contributed by atoms with Crippen molar-refractivity contribution in [3.8, 4) is 6.01 Å². The molecule has 8 nitrogen and oxygen atoms in total. The number of amides is 1. The van der Waals surface area contributed by atoms with Gasteiger partial charge in [0.1, 0.15) is 0 Å². The van der Waals surface area contributed by atoms with Crippen molar-refractivity contribution in [3.05, 3.63) is 0 Å². The zero-order valence-electron chi connectivity index (χ0n) is 12.8. The molecule has 1 N–H and O–H groups in total. The topological polar surface area (TPSA) is 83.5 Å². The van der Waals surface area contributed by atoms with Crippen LogP contribution in [0, 0.1) is 0 Å². The van der Waals surface area contributed by atoms with Crippen LogP contribution in [-0.4, -0.2) is 48.1 Å². The third-order valence-corrected chi connectivity index (χ3v) is 2.70. The van der Waals surface area contributed by atoms with Crippen LogP contribution in [0.25, 0.3) is 0 Å². The van der Waals surface area contributed by atoms with Crippen LogP contribution in [0.5, 0.6) is 6.01 Å². The maximum Gasteiger partial charge on any atom is 0.322 e. The van der Waals surface area contributed by atoms with Gasteiger partial charge in [-0.25, -0.2) is 5.01 Å². The number of carbonyl (C=O) groups is 1. The maximum atomic E-state index is 11.4. The van der Waals surface area contributed by atoms with E-state index >= 15 is 0 Å². The summed E-state index contributed by atoms with van der Waals surface area (Å²) < 4.78 is 5.09. The van der Waals surface area contributed by atoms with Crippen molar-refractivity contribution in [2.24, 2.45) is 0 Å². The highest BCUT2D eigenvalue weighted by molar-refractivity contribution is 5.74. The lowest BCUT2D eigenvalue weighted by atomic mass is 10.2. The van der Waals surface area contributed by atoms with E-state index in [1.54, 1.807) is 9.91 Å². The van der Waals surface area contributed by atoms with Gasteiger partial charge in [0.2, 0.25) is 11.9 Å². The number of aromatic nitrogens is 3. The highest BCUT2D eigenvalue weighted by Gasteiger charge is 2.20. The standard InChI is InChI=1S/C12H22N6O2/c1-7-8(2)18(16-9(3)19)11-13-10(17(4)5)14-12(15-11)20-6/h8H,7H2,1-6H3,(H,16,19)/t8-/m0/s1. The van der Waals surface area contributed by atoms with Crippen LogP contribution in [0.2, 0.25) is 0 Å². The average Bonchev–Trinajstić information content (AvgIpc) is 2.43. The number of anilines is 2. The van der Waals surface area contributed by atoms with Crippen LogP contribution in [-0.2, 0) is 4.79 Å². The smallest absolute Gasteiger partial charge is 0.322 e. The number of hydrazine groups is 1. The summed E-state index contributed by atoms with van der Waals surface area (Å²) in [5.41, 5.74) is 2.73. The first-order valence-electron chi connectivity index (χ1n) is 6.42. The summed E-state index contributed by atoms with van der Waals surface area (Å²) in [4.78, 5) is 25.8. The molecule has 1 rings (SSSR count). The van der Waals surface area contributed by atoms with Gasteiger partial charge in [0.25, 0.3) is 5.95 Å². The van der Waals surface area contributed by atoms with Gasteiger partial charge in [-0.15, -0.1) is 0 Å². The molecule has 0 aromatic carbocycles. The highest BCUT2D eigenvalue weighted by Crippen LogP contribution is 2.17. The maximum absolute atomic E-state index is 11.4. The first-order chi connectivity index (χ1) is 9.38. The summed E-state index contributed by atoms with van der Waals surface area (Å²) in [7, 11) is 5.14. The average molecular weight is 282 g/mol. The summed E-state index contributed by atoms with van der Waals surface area (Å²) in [5.74, 6) is 0.631. The summed E-state index contributed by atoms with van der Waals surface area (Å²) >= 11 is 0. The molecule has 1 heterocycles. The molecule has 0 aliphatic carbocycles. The Labute approximate surface area is 119 Å². The summed E-state index contributed by atoms with van der Waals surface area (Å²) in [6.07, 6.45) is 0.825. The van der Waals surface area contributed by atoms with Gasteiger partial charge in [-0.3, -0.25) is 10.2 Å². The Balaban J connectivity index is 3.23. The van der Waals surface area contributed by atoms with Crippen molar-refractivity contribution < 1.29 is 9.53 Å². The molecule has 0 fully saturated rings. The third-order valence-electron chi connectivity index (χ3n) is 2.70. The predicted octanol–water partition coefficient (Wildman–Crippen LogP) is 0.602. The number of methoxy groups -OCH3 is 1. The fraction of sp³-hybridized carbons (Fsp3) is 0.667. The number of nitrogens with one attached hydrogen (secondary N) is 1. The Morgan fingerprint density at radius 3 is 2.35 bits per heavy atom. The van der Waals surface area contributed by atoms with Crippen LogP contribution in [0.3, 0.4) is 0 Å². The molecule has 1 aromatic rings. The van der Waals surface area contributed by atoms with Crippen LogP contribution in [0.15, 0.2) is 0 Å². The van der Waals surface area contributed by atoms with E-state index in [0.717, 1.165) is 6.42 Å². The van der Waals surface area contributed by atoms with Gasteiger partial charge < -0.3 is 9.64 Å². The SMILES string of the molecule is CC[C@H](C)N(NC(C)=O)c1nc(OC)nc(N(C)C)n1. The molecule has 1 amide bonds.